The van der Waals surface area contributed by atoms with E-state index < -0.39 is 18.0 Å². The number of rotatable bonds is 7. The fourth-order valence-corrected chi connectivity index (χ4v) is 2.37. The first-order valence-corrected chi connectivity index (χ1v) is 6.57. The second-order valence-corrected chi connectivity index (χ2v) is 4.83. The lowest BCUT2D eigenvalue weighted by Crippen LogP contribution is -2.36. The fraction of sp³-hybridized carbons (Fsp3) is 0.846. The lowest BCUT2D eigenvalue weighted by molar-refractivity contribution is -0.170. The van der Waals surface area contributed by atoms with Gasteiger partial charge in [-0.15, -0.1) is 0 Å². The molecular formula is C13H22O5. The van der Waals surface area contributed by atoms with Crippen LogP contribution in [0.2, 0.25) is 0 Å². The molecule has 0 aromatic carbocycles. The van der Waals surface area contributed by atoms with E-state index in [0.29, 0.717) is 12.5 Å². The Labute approximate surface area is 107 Å². The molecule has 18 heavy (non-hydrogen) atoms. The monoisotopic (exact) mass is 258 g/mol. The quantitative estimate of drug-likeness (QED) is 0.557. The molecule has 1 N–H and O–H groups in total. The summed E-state index contributed by atoms with van der Waals surface area (Å²) in [6.07, 6.45) is 3.31. The van der Waals surface area contributed by atoms with E-state index in [0.717, 1.165) is 0 Å². The fourth-order valence-electron chi connectivity index (χ4n) is 2.37. The zero-order valence-electron chi connectivity index (χ0n) is 11.1. The maximum absolute atomic E-state index is 11.4. The molecule has 104 valence electrons. The number of carboxylic acids is 1. The summed E-state index contributed by atoms with van der Waals surface area (Å²) in [7, 11) is 0. The number of ether oxygens (including phenoxy) is 2. The number of esters is 1. The number of hydrogen-bond acceptors (Lipinski definition) is 4. The highest BCUT2D eigenvalue weighted by molar-refractivity contribution is 5.97. The Morgan fingerprint density at radius 2 is 1.94 bits per heavy atom. The lowest BCUT2D eigenvalue weighted by Gasteiger charge is -2.20. The van der Waals surface area contributed by atoms with Gasteiger partial charge in [0, 0.05) is 0 Å². The largest absolute Gasteiger partial charge is 0.479 e. The van der Waals surface area contributed by atoms with Crippen molar-refractivity contribution >= 4 is 11.9 Å². The highest BCUT2D eigenvalue weighted by atomic mass is 16.6. The predicted molar refractivity (Wildman–Crippen MR) is 65.1 cm³/mol. The molecule has 0 spiro atoms. The zero-order valence-corrected chi connectivity index (χ0v) is 11.1. The Morgan fingerprint density at radius 1 is 1.33 bits per heavy atom. The normalized spacial score (nSPS) is 19.4. The smallest absolute Gasteiger partial charge is 0.347 e. The van der Waals surface area contributed by atoms with Crippen LogP contribution in [-0.4, -0.2) is 36.4 Å². The van der Waals surface area contributed by atoms with E-state index in [4.69, 9.17) is 9.84 Å². The number of hydrogen-bond donors (Lipinski definition) is 1. The molecule has 0 aromatic rings. The van der Waals surface area contributed by atoms with Crippen molar-refractivity contribution in [2.24, 2.45) is 11.8 Å². The van der Waals surface area contributed by atoms with Gasteiger partial charge in [-0.05, 0) is 18.8 Å². The Bertz CT molecular complexity index is 283. The SMILES string of the molecule is CCOC(=O)C(OCC(C)C1CCCC1)C(=O)O. The van der Waals surface area contributed by atoms with E-state index >= 15 is 0 Å². The van der Waals surface area contributed by atoms with Gasteiger partial charge in [-0.1, -0.05) is 32.6 Å². The summed E-state index contributed by atoms with van der Waals surface area (Å²) in [5.41, 5.74) is 0. The molecular weight excluding hydrogens is 236 g/mol. The van der Waals surface area contributed by atoms with Crippen LogP contribution in [-0.2, 0) is 19.1 Å². The number of aliphatic carboxylic acids is 1. The van der Waals surface area contributed by atoms with Gasteiger partial charge in [0.15, 0.2) is 0 Å². The van der Waals surface area contributed by atoms with Crippen LogP contribution in [0.1, 0.15) is 39.5 Å². The summed E-state index contributed by atoms with van der Waals surface area (Å²) in [5, 5.41) is 8.92. The van der Waals surface area contributed by atoms with Crippen molar-refractivity contribution in [3.8, 4) is 0 Å². The molecule has 2 unspecified atom stereocenters. The third-order valence-electron chi connectivity index (χ3n) is 3.46. The van der Waals surface area contributed by atoms with Crippen LogP contribution in [0.15, 0.2) is 0 Å². The first-order valence-electron chi connectivity index (χ1n) is 6.57. The molecule has 2 atom stereocenters. The summed E-state index contributed by atoms with van der Waals surface area (Å²) in [5.74, 6) is -1.24. The van der Waals surface area contributed by atoms with Crippen LogP contribution in [0.25, 0.3) is 0 Å². The predicted octanol–water partition coefficient (Wildman–Crippen LogP) is 1.85. The van der Waals surface area contributed by atoms with Gasteiger partial charge in [0.2, 0.25) is 0 Å². The van der Waals surface area contributed by atoms with Crippen molar-refractivity contribution in [2.45, 2.75) is 45.6 Å². The molecule has 0 bridgehead atoms. The Morgan fingerprint density at radius 3 is 2.44 bits per heavy atom. The molecule has 1 aliphatic rings. The minimum Gasteiger partial charge on any atom is -0.479 e. The van der Waals surface area contributed by atoms with E-state index in [-0.39, 0.29) is 12.5 Å². The number of carboxylic acid groups (broad SMARTS) is 1. The molecule has 0 radical (unpaired) electrons. The van der Waals surface area contributed by atoms with E-state index in [1.165, 1.54) is 25.7 Å². The molecule has 0 amide bonds. The highest BCUT2D eigenvalue weighted by Crippen LogP contribution is 2.31. The molecule has 5 heteroatoms. The lowest BCUT2D eigenvalue weighted by atomic mass is 9.93. The minimum atomic E-state index is -1.49. The standard InChI is InChI=1S/C13H22O5/c1-3-17-13(16)11(12(14)15)18-8-9(2)10-6-4-5-7-10/h9-11H,3-8H2,1-2H3,(H,14,15). The van der Waals surface area contributed by atoms with Gasteiger partial charge in [0.05, 0.1) is 13.2 Å². The first-order chi connectivity index (χ1) is 8.56. The van der Waals surface area contributed by atoms with Gasteiger partial charge in [-0.25, -0.2) is 9.59 Å². The number of carbonyl (C=O) groups is 2. The number of carbonyl (C=O) groups excluding carboxylic acids is 1. The van der Waals surface area contributed by atoms with E-state index in [1.807, 2.05) is 6.92 Å². The van der Waals surface area contributed by atoms with E-state index in [2.05, 4.69) is 4.74 Å². The van der Waals surface area contributed by atoms with Crippen molar-refractivity contribution in [2.75, 3.05) is 13.2 Å². The van der Waals surface area contributed by atoms with E-state index in [1.54, 1.807) is 6.92 Å². The second kappa shape index (κ2) is 7.36. The van der Waals surface area contributed by atoms with Crippen molar-refractivity contribution in [1.82, 2.24) is 0 Å². The van der Waals surface area contributed by atoms with Gasteiger partial charge < -0.3 is 14.6 Å². The summed E-state index contributed by atoms with van der Waals surface area (Å²) < 4.78 is 9.90. The van der Waals surface area contributed by atoms with E-state index in [9.17, 15) is 9.59 Å². The second-order valence-electron chi connectivity index (χ2n) is 4.83. The third kappa shape index (κ3) is 4.29. The van der Waals surface area contributed by atoms with Crippen LogP contribution >= 0.6 is 0 Å². The molecule has 1 saturated carbocycles. The maximum atomic E-state index is 11.4. The molecule has 0 aromatic heterocycles. The average molecular weight is 258 g/mol. The third-order valence-corrected chi connectivity index (χ3v) is 3.46. The van der Waals surface area contributed by atoms with Gasteiger partial charge >= 0.3 is 11.9 Å². The molecule has 0 heterocycles. The summed E-state index contributed by atoms with van der Waals surface area (Å²) in [6.45, 7) is 4.13. The Hall–Kier alpha value is -1.10. The van der Waals surface area contributed by atoms with Crippen molar-refractivity contribution in [3.63, 3.8) is 0 Å². The van der Waals surface area contributed by atoms with Crippen LogP contribution in [0.3, 0.4) is 0 Å². The Kier molecular flexibility index (Phi) is 6.12. The Balaban J connectivity index is 2.41. The molecule has 1 rings (SSSR count). The highest BCUT2D eigenvalue weighted by Gasteiger charge is 2.30. The van der Waals surface area contributed by atoms with Gasteiger partial charge in [0.1, 0.15) is 0 Å². The summed E-state index contributed by atoms with van der Waals surface area (Å²) in [4.78, 5) is 22.3. The van der Waals surface area contributed by atoms with Crippen LogP contribution < -0.4 is 0 Å². The van der Waals surface area contributed by atoms with Crippen LogP contribution in [0.5, 0.6) is 0 Å². The zero-order chi connectivity index (χ0) is 13.5. The minimum absolute atomic E-state index is 0.157. The van der Waals surface area contributed by atoms with Gasteiger partial charge in [-0.3, -0.25) is 0 Å². The average Bonchev–Trinajstić information content (AvgIpc) is 2.82. The van der Waals surface area contributed by atoms with Crippen LogP contribution in [0, 0.1) is 11.8 Å². The first kappa shape index (κ1) is 15.0. The maximum Gasteiger partial charge on any atom is 0.347 e. The van der Waals surface area contributed by atoms with Gasteiger partial charge in [-0.2, -0.15) is 0 Å². The molecule has 1 fully saturated rings. The van der Waals surface area contributed by atoms with Crippen LogP contribution in [0.4, 0.5) is 0 Å². The molecule has 0 aliphatic heterocycles. The summed E-state index contributed by atoms with van der Waals surface area (Å²) >= 11 is 0. The molecule has 5 nitrogen and oxygen atoms in total. The van der Waals surface area contributed by atoms with Gasteiger partial charge in [0.25, 0.3) is 6.10 Å². The van der Waals surface area contributed by atoms with Crippen molar-refractivity contribution in [1.29, 1.82) is 0 Å². The molecule has 1 aliphatic carbocycles. The van der Waals surface area contributed by atoms with Crippen molar-refractivity contribution < 1.29 is 24.2 Å². The topological polar surface area (TPSA) is 72.8 Å². The summed E-state index contributed by atoms with van der Waals surface area (Å²) in [6, 6.07) is 0. The van der Waals surface area contributed by atoms with Crippen molar-refractivity contribution in [3.05, 3.63) is 0 Å². The molecule has 0 saturated heterocycles.